The van der Waals surface area contributed by atoms with Crippen LogP contribution in [0.2, 0.25) is 0 Å². The summed E-state index contributed by atoms with van der Waals surface area (Å²) in [5.41, 5.74) is 0. The molecule has 0 aromatic carbocycles. The monoisotopic (exact) mass is 326 g/mol. The lowest BCUT2D eigenvalue weighted by atomic mass is 10.0. The second-order valence-corrected chi connectivity index (χ2v) is 4.53. The van der Waals surface area contributed by atoms with Gasteiger partial charge in [-0.05, 0) is 6.42 Å². The number of hydrogen-bond donors (Lipinski definition) is 1. The second kappa shape index (κ2) is 10.3. The summed E-state index contributed by atoms with van der Waals surface area (Å²) in [7, 11) is 0. The fourth-order valence-corrected chi connectivity index (χ4v) is 1.58. The number of ether oxygens (including phenoxy) is 3. The van der Waals surface area contributed by atoms with Crippen LogP contribution in [-0.2, 0) is 28.6 Å². The molecule has 0 heterocycles. The van der Waals surface area contributed by atoms with Crippen molar-refractivity contribution in [3.63, 3.8) is 0 Å². The van der Waals surface area contributed by atoms with E-state index in [1.54, 1.807) is 0 Å². The molecule has 0 aliphatic rings. The third kappa shape index (κ3) is 6.92. The predicted molar refractivity (Wildman–Crippen MR) is 82.0 cm³/mol. The molecule has 1 N–H and O–H groups in total. The van der Waals surface area contributed by atoms with Gasteiger partial charge in [-0.2, -0.15) is 0 Å². The van der Waals surface area contributed by atoms with Crippen molar-refractivity contribution in [3.05, 3.63) is 38.0 Å². The zero-order chi connectivity index (χ0) is 17.9. The van der Waals surface area contributed by atoms with Crippen LogP contribution in [0.1, 0.15) is 26.2 Å². The van der Waals surface area contributed by atoms with Gasteiger partial charge in [0.1, 0.15) is 6.10 Å². The number of unbranched alkanes of at least 4 members (excludes halogenated alkanes) is 1. The lowest BCUT2D eigenvalue weighted by Gasteiger charge is -2.35. The highest BCUT2D eigenvalue weighted by molar-refractivity contribution is 5.84. The summed E-state index contributed by atoms with van der Waals surface area (Å²) in [4.78, 5) is 34.4. The number of aliphatic hydroxyl groups is 1. The van der Waals surface area contributed by atoms with E-state index in [1.807, 2.05) is 6.92 Å². The van der Waals surface area contributed by atoms with Crippen molar-refractivity contribution in [1.82, 2.24) is 0 Å². The van der Waals surface area contributed by atoms with E-state index in [9.17, 15) is 19.5 Å². The molecule has 0 radical (unpaired) electrons. The van der Waals surface area contributed by atoms with Crippen molar-refractivity contribution in [3.8, 4) is 0 Å². The van der Waals surface area contributed by atoms with Gasteiger partial charge < -0.3 is 19.3 Å². The molecule has 0 aliphatic carbocycles. The van der Waals surface area contributed by atoms with E-state index < -0.39 is 36.4 Å². The van der Waals surface area contributed by atoms with E-state index in [-0.39, 0.29) is 6.42 Å². The molecule has 0 amide bonds. The minimum atomic E-state index is -2.19. The zero-order valence-corrected chi connectivity index (χ0v) is 13.2. The molecule has 1 atom stereocenters. The SMILES string of the molecule is C=CC(=O)OCC(OC(=O)C=C)(OC(=O)C=C)C(O)CCCC. The molecule has 23 heavy (non-hydrogen) atoms. The molecule has 0 bridgehead atoms. The van der Waals surface area contributed by atoms with Crippen LogP contribution in [0.15, 0.2) is 38.0 Å². The standard InChI is InChI=1S/C16H22O7/c1-5-9-10-12(17)16(22-14(19)7-3,23-15(20)8-4)11-21-13(18)6-2/h6-8,12,17H,2-5,9-11H2,1H3. The van der Waals surface area contributed by atoms with E-state index in [1.165, 1.54) is 0 Å². The zero-order valence-electron chi connectivity index (χ0n) is 13.2. The number of esters is 3. The Morgan fingerprint density at radius 3 is 1.91 bits per heavy atom. The Kier molecular flexibility index (Phi) is 9.26. The first kappa shape index (κ1) is 20.6. The Morgan fingerprint density at radius 2 is 1.52 bits per heavy atom. The normalized spacial score (nSPS) is 11.7. The average Bonchev–Trinajstić information content (AvgIpc) is 2.56. The highest BCUT2D eigenvalue weighted by Gasteiger charge is 2.46. The maximum Gasteiger partial charge on any atom is 0.333 e. The molecule has 0 aromatic heterocycles. The predicted octanol–water partition coefficient (Wildman–Crippen LogP) is 1.42. The molecule has 7 nitrogen and oxygen atoms in total. The number of aliphatic hydroxyl groups excluding tert-OH is 1. The summed E-state index contributed by atoms with van der Waals surface area (Å²) in [6.45, 7) is 10.9. The number of carbonyl (C=O) groups excluding carboxylic acids is 3. The van der Waals surface area contributed by atoms with Crippen molar-refractivity contribution in [1.29, 1.82) is 0 Å². The Labute approximate surface area is 135 Å². The van der Waals surface area contributed by atoms with Gasteiger partial charge in [0.15, 0.2) is 6.61 Å². The van der Waals surface area contributed by atoms with Crippen molar-refractivity contribution in [2.75, 3.05) is 6.61 Å². The van der Waals surface area contributed by atoms with Gasteiger partial charge in [-0.25, -0.2) is 14.4 Å². The van der Waals surface area contributed by atoms with E-state index in [2.05, 4.69) is 19.7 Å². The first-order chi connectivity index (χ1) is 10.8. The third-order valence-corrected chi connectivity index (χ3v) is 2.80. The Balaban J connectivity index is 5.54. The summed E-state index contributed by atoms with van der Waals surface area (Å²) >= 11 is 0. The van der Waals surface area contributed by atoms with E-state index >= 15 is 0 Å². The van der Waals surface area contributed by atoms with Gasteiger partial charge >= 0.3 is 23.7 Å². The number of hydrogen-bond acceptors (Lipinski definition) is 7. The van der Waals surface area contributed by atoms with Gasteiger partial charge in [0.05, 0.1) is 0 Å². The highest BCUT2D eigenvalue weighted by Crippen LogP contribution is 2.25. The highest BCUT2D eigenvalue weighted by atomic mass is 16.8. The van der Waals surface area contributed by atoms with Crippen molar-refractivity contribution in [2.45, 2.75) is 38.1 Å². The van der Waals surface area contributed by atoms with Gasteiger partial charge in [0, 0.05) is 18.2 Å². The van der Waals surface area contributed by atoms with E-state index in [0.717, 1.165) is 24.6 Å². The van der Waals surface area contributed by atoms with Crippen molar-refractivity contribution in [2.24, 2.45) is 0 Å². The van der Waals surface area contributed by atoms with E-state index in [0.29, 0.717) is 6.42 Å². The maximum absolute atomic E-state index is 11.6. The molecule has 0 aliphatic heterocycles. The molecule has 0 fully saturated rings. The van der Waals surface area contributed by atoms with Crippen LogP contribution < -0.4 is 0 Å². The van der Waals surface area contributed by atoms with Crippen LogP contribution in [-0.4, -0.2) is 41.5 Å². The first-order valence-corrected chi connectivity index (χ1v) is 7.03. The molecular formula is C16H22O7. The van der Waals surface area contributed by atoms with Crippen LogP contribution in [0.3, 0.4) is 0 Å². The minimum absolute atomic E-state index is 0.150. The smallest absolute Gasteiger partial charge is 0.333 e. The first-order valence-electron chi connectivity index (χ1n) is 7.03. The Bertz CT molecular complexity index is 445. The Morgan fingerprint density at radius 1 is 1.04 bits per heavy atom. The summed E-state index contributed by atoms with van der Waals surface area (Å²) in [6.07, 6.45) is 2.59. The molecule has 0 aromatic rings. The number of carbonyl (C=O) groups is 3. The molecule has 0 saturated heterocycles. The van der Waals surface area contributed by atoms with Gasteiger partial charge in [0.2, 0.25) is 0 Å². The fourth-order valence-electron chi connectivity index (χ4n) is 1.58. The molecule has 0 saturated carbocycles. The summed E-state index contributed by atoms with van der Waals surface area (Å²) in [6, 6.07) is 0. The van der Waals surface area contributed by atoms with Crippen LogP contribution >= 0.6 is 0 Å². The molecular weight excluding hydrogens is 304 g/mol. The largest absolute Gasteiger partial charge is 0.454 e. The van der Waals surface area contributed by atoms with Crippen LogP contribution in [0.4, 0.5) is 0 Å². The lowest BCUT2D eigenvalue weighted by Crippen LogP contribution is -2.53. The summed E-state index contributed by atoms with van der Waals surface area (Å²) in [5, 5.41) is 10.3. The van der Waals surface area contributed by atoms with Crippen molar-refractivity contribution >= 4 is 17.9 Å². The van der Waals surface area contributed by atoms with Gasteiger partial charge in [-0.15, -0.1) is 0 Å². The second-order valence-electron chi connectivity index (χ2n) is 4.53. The maximum atomic E-state index is 11.6. The fraction of sp³-hybridized carbons (Fsp3) is 0.438. The summed E-state index contributed by atoms with van der Waals surface area (Å²) < 4.78 is 14.8. The quantitative estimate of drug-likeness (QED) is 0.348. The molecule has 0 rings (SSSR count). The molecule has 7 heteroatoms. The van der Waals surface area contributed by atoms with Crippen LogP contribution in [0.5, 0.6) is 0 Å². The molecule has 1 unspecified atom stereocenters. The van der Waals surface area contributed by atoms with E-state index in [4.69, 9.17) is 14.2 Å². The van der Waals surface area contributed by atoms with Gasteiger partial charge in [-0.1, -0.05) is 39.5 Å². The van der Waals surface area contributed by atoms with Crippen molar-refractivity contribution < 1.29 is 33.7 Å². The average molecular weight is 326 g/mol. The Hall–Kier alpha value is -2.41. The topological polar surface area (TPSA) is 99.1 Å². The van der Waals surface area contributed by atoms with Gasteiger partial charge in [-0.3, -0.25) is 0 Å². The van der Waals surface area contributed by atoms with Crippen LogP contribution in [0.25, 0.3) is 0 Å². The van der Waals surface area contributed by atoms with Crippen LogP contribution in [0, 0.1) is 0 Å². The summed E-state index contributed by atoms with van der Waals surface area (Å²) in [5.74, 6) is -4.93. The minimum Gasteiger partial charge on any atom is -0.454 e. The number of rotatable bonds is 11. The molecule has 128 valence electrons. The third-order valence-electron chi connectivity index (χ3n) is 2.80. The lowest BCUT2D eigenvalue weighted by molar-refractivity contribution is -0.271. The molecule has 0 spiro atoms. The van der Waals surface area contributed by atoms with Gasteiger partial charge in [0.25, 0.3) is 0 Å².